The summed E-state index contributed by atoms with van der Waals surface area (Å²) in [4.78, 5) is 26.8. The minimum atomic E-state index is -2.54. The van der Waals surface area contributed by atoms with E-state index in [0.29, 0.717) is 28.4 Å². The van der Waals surface area contributed by atoms with Gasteiger partial charge in [0.05, 0.1) is 12.1 Å². The quantitative estimate of drug-likeness (QED) is 0.308. The minimum absolute atomic E-state index is 0.00274. The van der Waals surface area contributed by atoms with Gasteiger partial charge in [-0.25, -0.2) is 9.37 Å². The van der Waals surface area contributed by atoms with Crippen LogP contribution in [0, 0.1) is 19.7 Å². The molecule has 0 radical (unpaired) electrons. The number of nitrogens with zero attached hydrogens (tertiary/aromatic N) is 3. The summed E-state index contributed by atoms with van der Waals surface area (Å²) in [6.07, 6.45) is -0.685. The van der Waals surface area contributed by atoms with Crippen molar-refractivity contribution in [1.82, 2.24) is 15.1 Å². The van der Waals surface area contributed by atoms with Gasteiger partial charge in [0.25, 0.3) is 5.89 Å². The number of aromatic nitrogens is 3. The molecule has 0 aliphatic carbocycles. The van der Waals surface area contributed by atoms with Crippen molar-refractivity contribution in [2.24, 2.45) is 5.73 Å². The standard InChI is InChI=1S/C22H29FN5O5P/c1-11(2)25-20-8-15(7-13(4)26-20)22-27-21(28-32-22)16-9-17(23)19(6-12(16)3)31-10-18(24)14(5)33-34(29)30/h6-9,11,14,18,29-30H,10,24H2,1-5H3,(H,25,26). The Hall–Kier alpha value is -2.69. The van der Waals surface area contributed by atoms with Crippen molar-refractivity contribution in [1.29, 1.82) is 0 Å². The molecule has 5 N–H and O–H groups in total. The SMILES string of the molecule is Cc1cc(-c2nc(-c3cc(F)c(OCC(N)C(C)OP(O)O)cc3C)no2)cc(NC(C)C)n1. The molecule has 0 bridgehead atoms. The number of aryl methyl sites for hydroxylation is 2. The molecule has 2 atom stereocenters. The van der Waals surface area contributed by atoms with E-state index in [1.807, 2.05) is 32.9 Å². The van der Waals surface area contributed by atoms with Crippen LogP contribution in [0.25, 0.3) is 22.8 Å². The summed E-state index contributed by atoms with van der Waals surface area (Å²) in [6, 6.07) is 5.96. The second-order valence-electron chi connectivity index (χ2n) is 8.24. The molecule has 184 valence electrons. The van der Waals surface area contributed by atoms with Gasteiger partial charge in [0.15, 0.2) is 11.6 Å². The van der Waals surface area contributed by atoms with Crippen molar-refractivity contribution in [2.45, 2.75) is 52.8 Å². The molecule has 2 unspecified atom stereocenters. The Bertz CT molecular complexity index is 1130. The van der Waals surface area contributed by atoms with Crippen molar-refractivity contribution < 1.29 is 28.0 Å². The van der Waals surface area contributed by atoms with Crippen molar-refractivity contribution >= 4 is 14.4 Å². The zero-order valence-corrected chi connectivity index (χ0v) is 20.5. The molecule has 3 aromatic rings. The van der Waals surface area contributed by atoms with Gasteiger partial charge in [0, 0.05) is 22.9 Å². The molecule has 12 heteroatoms. The van der Waals surface area contributed by atoms with Crippen LogP contribution >= 0.6 is 8.60 Å². The Morgan fingerprint density at radius 2 is 1.88 bits per heavy atom. The zero-order valence-electron chi connectivity index (χ0n) is 19.6. The number of hydrogen-bond acceptors (Lipinski definition) is 10. The molecule has 2 heterocycles. The van der Waals surface area contributed by atoms with E-state index in [2.05, 4.69) is 20.4 Å². The monoisotopic (exact) mass is 493 g/mol. The molecule has 0 spiro atoms. The molecule has 2 aromatic heterocycles. The van der Waals surface area contributed by atoms with Crippen LogP contribution in [0.2, 0.25) is 0 Å². The number of ether oxygens (including phenoxy) is 1. The molecule has 10 nitrogen and oxygen atoms in total. The second kappa shape index (κ2) is 11.2. The number of nitrogens with one attached hydrogen (secondary N) is 1. The summed E-state index contributed by atoms with van der Waals surface area (Å²) in [5.41, 5.74) is 8.52. The Morgan fingerprint density at radius 1 is 1.15 bits per heavy atom. The Balaban J connectivity index is 1.78. The third-order valence-corrected chi connectivity index (χ3v) is 5.40. The first-order chi connectivity index (χ1) is 16.0. The fraction of sp³-hybridized carbons (Fsp3) is 0.409. The molecular weight excluding hydrogens is 464 g/mol. The minimum Gasteiger partial charge on any atom is -0.489 e. The van der Waals surface area contributed by atoms with Crippen molar-refractivity contribution in [2.75, 3.05) is 11.9 Å². The van der Waals surface area contributed by atoms with E-state index in [0.717, 1.165) is 5.69 Å². The number of pyridine rings is 1. The fourth-order valence-electron chi connectivity index (χ4n) is 3.17. The van der Waals surface area contributed by atoms with E-state index in [1.54, 1.807) is 13.8 Å². The van der Waals surface area contributed by atoms with Crippen LogP contribution in [0.3, 0.4) is 0 Å². The van der Waals surface area contributed by atoms with Crippen LogP contribution in [0.15, 0.2) is 28.8 Å². The molecule has 34 heavy (non-hydrogen) atoms. The topological polar surface area (TPSA) is 149 Å². The zero-order chi connectivity index (χ0) is 25.0. The van der Waals surface area contributed by atoms with Crippen LogP contribution < -0.4 is 15.8 Å². The van der Waals surface area contributed by atoms with E-state index in [9.17, 15) is 4.39 Å². The van der Waals surface area contributed by atoms with E-state index in [4.69, 9.17) is 29.3 Å². The number of hydrogen-bond donors (Lipinski definition) is 4. The highest BCUT2D eigenvalue weighted by Crippen LogP contribution is 2.31. The maximum Gasteiger partial charge on any atom is 0.327 e. The van der Waals surface area contributed by atoms with Gasteiger partial charge in [-0.05, 0) is 64.4 Å². The smallest absolute Gasteiger partial charge is 0.327 e. The van der Waals surface area contributed by atoms with Crippen molar-refractivity contribution in [3.05, 3.63) is 41.3 Å². The van der Waals surface area contributed by atoms with Gasteiger partial charge in [-0.2, -0.15) is 4.98 Å². The van der Waals surface area contributed by atoms with Crippen LogP contribution in [0.5, 0.6) is 5.75 Å². The highest BCUT2D eigenvalue weighted by molar-refractivity contribution is 7.39. The van der Waals surface area contributed by atoms with Gasteiger partial charge in [-0.1, -0.05) is 5.16 Å². The molecule has 0 fully saturated rings. The van der Waals surface area contributed by atoms with Gasteiger partial charge in [0.1, 0.15) is 12.4 Å². The molecule has 0 amide bonds. The Kier molecular flexibility index (Phi) is 8.51. The van der Waals surface area contributed by atoms with Gasteiger partial charge >= 0.3 is 8.60 Å². The summed E-state index contributed by atoms with van der Waals surface area (Å²) < 4.78 is 30.5. The molecule has 3 rings (SSSR count). The fourth-order valence-corrected chi connectivity index (χ4v) is 3.62. The predicted molar refractivity (Wildman–Crippen MR) is 127 cm³/mol. The van der Waals surface area contributed by atoms with Gasteiger partial charge < -0.3 is 34.6 Å². The lowest BCUT2D eigenvalue weighted by atomic mass is 10.1. The first-order valence-electron chi connectivity index (χ1n) is 10.7. The highest BCUT2D eigenvalue weighted by atomic mass is 31.2. The van der Waals surface area contributed by atoms with E-state index < -0.39 is 26.6 Å². The van der Waals surface area contributed by atoms with Crippen LogP contribution in [0.4, 0.5) is 10.2 Å². The van der Waals surface area contributed by atoms with Crippen LogP contribution in [0.1, 0.15) is 32.0 Å². The molecule has 0 saturated carbocycles. The number of benzene rings is 1. The molecule has 0 aliphatic heterocycles. The first kappa shape index (κ1) is 25.9. The number of halogens is 1. The molecular formula is C22H29FN5O5P. The molecule has 0 aliphatic rings. The summed E-state index contributed by atoms with van der Waals surface area (Å²) >= 11 is 0. The maximum absolute atomic E-state index is 14.8. The van der Waals surface area contributed by atoms with E-state index in [-0.39, 0.29) is 24.2 Å². The maximum atomic E-state index is 14.8. The average Bonchev–Trinajstić information content (AvgIpc) is 3.22. The number of anilines is 1. The average molecular weight is 493 g/mol. The lowest BCUT2D eigenvalue weighted by Gasteiger charge is -2.21. The largest absolute Gasteiger partial charge is 0.489 e. The Morgan fingerprint density at radius 3 is 2.56 bits per heavy atom. The number of nitrogens with two attached hydrogens (primary N) is 1. The normalized spacial score (nSPS) is 13.4. The van der Waals surface area contributed by atoms with Crippen molar-refractivity contribution in [3.8, 4) is 28.6 Å². The van der Waals surface area contributed by atoms with Gasteiger partial charge in [-0.3, -0.25) is 0 Å². The second-order valence-corrected chi connectivity index (χ2v) is 8.96. The van der Waals surface area contributed by atoms with E-state index in [1.165, 1.54) is 12.1 Å². The third-order valence-electron chi connectivity index (χ3n) is 4.88. The third kappa shape index (κ3) is 6.68. The highest BCUT2D eigenvalue weighted by Gasteiger charge is 2.20. The predicted octanol–water partition coefficient (Wildman–Crippen LogP) is 3.70. The van der Waals surface area contributed by atoms with E-state index >= 15 is 0 Å². The van der Waals surface area contributed by atoms with Crippen molar-refractivity contribution in [3.63, 3.8) is 0 Å². The lowest BCUT2D eigenvalue weighted by molar-refractivity contribution is 0.132. The summed E-state index contributed by atoms with van der Waals surface area (Å²) in [5.74, 6) is 0.601. The first-order valence-corrected chi connectivity index (χ1v) is 11.8. The molecule has 0 saturated heterocycles. The van der Waals surface area contributed by atoms with Crippen LogP contribution in [-0.2, 0) is 4.52 Å². The van der Waals surface area contributed by atoms with Gasteiger partial charge in [0.2, 0.25) is 5.82 Å². The van der Waals surface area contributed by atoms with Gasteiger partial charge in [-0.15, -0.1) is 0 Å². The summed E-state index contributed by atoms with van der Waals surface area (Å²) in [6.45, 7) is 9.16. The number of rotatable bonds is 10. The molecule has 1 aromatic carbocycles. The van der Waals surface area contributed by atoms with Crippen LogP contribution in [-0.4, -0.2) is 49.7 Å². The summed E-state index contributed by atoms with van der Waals surface area (Å²) in [7, 11) is -2.54. The lowest BCUT2D eigenvalue weighted by Crippen LogP contribution is -2.39. The Labute approximate surface area is 198 Å². The summed E-state index contributed by atoms with van der Waals surface area (Å²) in [5, 5.41) is 7.27.